The fourth-order valence-corrected chi connectivity index (χ4v) is 3.83. The first kappa shape index (κ1) is 19.4. The summed E-state index contributed by atoms with van der Waals surface area (Å²) < 4.78 is 10.3. The summed E-state index contributed by atoms with van der Waals surface area (Å²) in [7, 11) is 0. The molecule has 148 valence electrons. The van der Waals surface area contributed by atoms with E-state index in [9.17, 15) is 14.4 Å². The highest BCUT2D eigenvalue weighted by Gasteiger charge is 2.36. The lowest BCUT2D eigenvalue weighted by molar-refractivity contribution is -0.135. The van der Waals surface area contributed by atoms with Crippen molar-refractivity contribution in [2.75, 3.05) is 19.7 Å². The predicted molar refractivity (Wildman–Crippen MR) is 96.9 cm³/mol. The molecule has 2 aliphatic rings. The van der Waals surface area contributed by atoms with Crippen molar-refractivity contribution in [2.45, 2.75) is 57.7 Å². The Morgan fingerprint density at radius 1 is 1.33 bits per heavy atom. The number of hydrogen-bond acceptors (Lipinski definition) is 6. The monoisotopic (exact) mass is 377 g/mol. The summed E-state index contributed by atoms with van der Waals surface area (Å²) in [4.78, 5) is 38.5. The molecule has 1 aromatic rings. The Morgan fingerprint density at radius 3 is 2.85 bits per heavy atom. The van der Waals surface area contributed by atoms with Crippen LogP contribution in [0.2, 0.25) is 0 Å². The van der Waals surface area contributed by atoms with Crippen LogP contribution in [-0.2, 0) is 20.9 Å². The number of furan rings is 1. The van der Waals surface area contributed by atoms with Crippen molar-refractivity contribution in [2.24, 2.45) is 0 Å². The SMILES string of the molecule is CCOC(=O)c1ccc(CNC(=O)C[C@H]2C(=O)NCCN2C2CCCC2)o1. The standard InChI is InChI=1S/C19H27N3O5/c1-2-26-19(25)16-8-7-14(27-16)12-21-17(23)11-15-18(24)20-9-10-22(15)13-5-3-4-6-13/h7-8,13,15H,2-6,9-12H2,1H3,(H,20,24)(H,21,23)/t15-/m0/s1. The van der Waals surface area contributed by atoms with Gasteiger partial charge in [0.2, 0.25) is 17.6 Å². The summed E-state index contributed by atoms with van der Waals surface area (Å²) in [6.45, 7) is 3.58. The number of hydrogen-bond donors (Lipinski definition) is 2. The molecule has 3 rings (SSSR count). The Morgan fingerprint density at radius 2 is 2.11 bits per heavy atom. The number of rotatable bonds is 7. The first-order valence-electron chi connectivity index (χ1n) is 9.64. The predicted octanol–water partition coefficient (Wildman–Crippen LogP) is 1.21. The van der Waals surface area contributed by atoms with Crippen molar-refractivity contribution in [3.8, 4) is 0 Å². The van der Waals surface area contributed by atoms with Crippen LogP contribution in [0.4, 0.5) is 0 Å². The molecule has 1 saturated heterocycles. The van der Waals surface area contributed by atoms with Gasteiger partial charge in [-0.3, -0.25) is 14.5 Å². The van der Waals surface area contributed by atoms with Gasteiger partial charge in [0.15, 0.2) is 0 Å². The molecule has 2 amide bonds. The molecule has 0 spiro atoms. The van der Waals surface area contributed by atoms with Gasteiger partial charge in [0.25, 0.3) is 0 Å². The Bertz CT molecular complexity index is 681. The Kier molecular flexibility index (Phi) is 6.49. The van der Waals surface area contributed by atoms with Crippen molar-refractivity contribution in [3.05, 3.63) is 23.7 Å². The number of nitrogens with zero attached hydrogens (tertiary/aromatic N) is 1. The van der Waals surface area contributed by atoms with Crippen LogP contribution >= 0.6 is 0 Å². The van der Waals surface area contributed by atoms with Crippen LogP contribution in [0.5, 0.6) is 0 Å². The molecule has 2 N–H and O–H groups in total. The fourth-order valence-electron chi connectivity index (χ4n) is 3.83. The molecule has 8 nitrogen and oxygen atoms in total. The number of esters is 1. The van der Waals surface area contributed by atoms with Gasteiger partial charge in [-0.05, 0) is 31.9 Å². The normalized spacial score (nSPS) is 21.1. The second kappa shape index (κ2) is 9.03. The molecular formula is C19H27N3O5. The molecule has 1 saturated carbocycles. The van der Waals surface area contributed by atoms with E-state index in [-0.39, 0.29) is 37.1 Å². The number of ether oxygens (including phenoxy) is 1. The number of nitrogens with one attached hydrogen (secondary N) is 2. The Balaban J connectivity index is 1.53. The first-order chi connectivity index (χ1) is 13.1. The Hall–Kier alpha value is -2.35. The van der Waals surface area contributed by atoms with Gasteiger partial charge in [-0.15, -0.1) is 0 Å². The topological polar surface area (TPSA) is 101 Å². The minimum Gasteiger partial charge on any atom is -0.460 e. The quantitative estimate of drug-likeness (QED) is 0.693. The first-order valence-corrected chi connectivity index (χ1v) is 9.64. The van der Waals surface area contributed by atoms with E-state index < -0.39 is 12.0 Å². The lowest BCUT2D eigenvalue weighted by atomic mass is 10.0. The van der Waals surface area contributed by atoms with E-state index in [1.165, 1.54) is 18.9 Å². The molecule has 8 heteroatoms. The zero-order chi connectivity index (χ0) is 19.2. The zero-order valence-electron chi connectivity index (χ0n) is 15.7. The van der Waals surface area contributed by atoms with Gasteiger partial charge < -0.3 is 19.8 Å². The molecule has 2 fully saturated rings. The van der Waals surface area contributed by atoms with Crippen LogP contribution in [0.3, 0.4) is 0 Å². The second-order valence-electron chi connectivity index (χ2n) is 6.95. The van der Waals surface area contributed by atoms with Crippen LogP contribution in [0.25, 0.3) is 0 Å². The summed E-state index contributed by atoms with van der Waals surface area (Å²) in [5.41, 5.74) is 0. The minimum absolute atomic E-state index is 0.0779. The third kappa shape index (κ3) is 4.88. The van der Waals surface area contributed by atoms with Crippen molar-refractivity contribution >= 4 is 17.8 Å². The van der Waals surface area contributed by atoms with E-state index in [1.54, 1.807) is 13.0 Å². The smallest absolute Gasteiger partial charge is 0.374 e. The largest absolute Gasteiger partial charge is 0.460 e. The Labute approximate surface area is 158 Å². The highest BCUT2D eigenvalue weighted by molar-refractivity contribution is 5.89. The summed E-state index contributed by atoms with van der Waals surface area (Å²) in [5.74, 6) is -0.242. The van der Waals surface area contributed by atoms with Gasteiger partial charge in [-0.25, -0.2) is 4.79 Å². The molecule has 0 aromatic carbocycles. The molecule has 1 aliphatic heterocycles. The van der Waals surface area contributed by atoms with Crippen molar-refractivity contribution in [1.29, 1.82) is 0 Å². The van der Waals surface area contributed by atoms with Gasteiger partial charge in [0, 0.05) is 19.1 Å². The molecule has 1 atom stereocenters. The highest BCUT2D eigenvalue weighted by atomic mass is 16.5. The maximum atomic E-state index is 12.4. The van der Waals surface area contributed by atoms with Crippen LogP contribution in [0, 0.1) is 0 Å². The lowest BCUT2D eigenvalue weighted by Gasteiger charge is -2.38. The third-order valence-electron chi connectivity index (χ3n) is 5.14. The van der Waals surface area contributed by atoms with Crippen LogP contribution in [-0.4, -0.2) is 54.5 Å². The third-order valence-corrected chi connectivity index (χ3v) is 5.14. The molecule has 1 aromatic heterocycles. The van der Waals surface area contributed by atoms with Crippen LogP contribution < -0.4 is 10.6 Å². The number of carbonyl (C=O) groups is 3. The maximum Gasteiger partial charge on any atom is 0.374 e. The summed E-state index contributed by atoms with van der Waals surface area (Å²) in [6, 6.07) is 3.13. The summed E-state index contributed by atoms with van der Waals surface area (Å²) >= 11 is 0. The molecule has 2 heterocycles. The number of amides is 2. The van der Waals surface area contributed by atoms with Gasteiger partial charge in [0.05, 0.1) is 25.6 Å². The van der Waals surface area contributed by atoms with E-state index in [2.05, 4.69) is 15.5 Å². The van der Waals surface area contributed by atoms with Gasteiger partial charge in [-0.2, -0.15) is 0 Å². The van der Waals surface area contributed by atoms with Gasteiger partial charge in [-0.1, -0.05) is 12.8 Å². The van der Waals surface area contributed by atoms with Crippen LogP contribution in [0.1, 0.15) is 55.3 Å². The van der Waals surface area contributed by atoms with Crippen molar-refractivity contribution in [3.63, 3.8) is 0 Å². The summed E-state index contributed by atoms with van der Waals surface area (Å²) in [5, 5.41) is 5.63. The van der Waals surface area contributed by atoms with E-state index >= 15 is 0 Å². The second-order valence-corrected chi connectivity index (χ2v) is 6.95. The molecule has 0 unspecified atom stereocenters. The average molecular weight is 377 g/mol. The molecule has 27 heavy (non-hydrogen) atoms. The average Bonchev–Trinajstić information content (AvgIpc) is 3.34. The van der Waals surface area contributed by atoms with E-state index in [0.29, 0.717) is 18.3 Å². The van der Waals surface area contributed by atoms with Crippen molar-refractivity contribution < 1.29 is 23.5 Å². The number of carbonyl (C=O) groups excluding carboxylic acids is 3. The fraction of sp³-hybridized carbons (Fsp3) is 0.632. The minimum atomic E-state index is -0.527. The van der Waals surface area contributed by atoms with Gasteiger partial charge in [0.1, 0.15) is 5.76 Å². The molecule has 0 radical (unpaired) electrons. The molecular weight excluding hydrogens is 350 g/mol. The van der Waals surface area contributed by atoms with Crippen LogP contribution in [0.15, 0.2) is 16.5 Å². The van der Waals surface area contributed by atoms with E-state index in [0.717, 1.165) is 19.4 Å². The summed E-state index contributed by atoms with van der Waals surface area (Å²) in [6.07, 6.45) is 4.67. The van der Waals surface area contributed by atoms with Crippen molar-refractivity contribution in [1.82, 2.24) is 15.5 Å². The lowest BCUT2D eigenvalue weighted by Crippen LogP contribution is -2.59. The number of piperazine rings is 1. The van der Waals surface area contributed by atoms with Gasteiger partial charge >= 0.3 is 5.97 Å². The van der Waals surface area contributed by atoms with E-state index in [4.69, 9.17) is 9.15 Å². The maximum absolute atomic E-state index is 12.4. The zero-order valence-corrected chi connectivity index (χ0v) is 15.7. The molecule has 0 bridgehead atoms. The molecule has 1 aliphatic carbocycles. The highest BCUT2D eigenvalue weighted by Crippen LogP contribution is 2.26. The van der Waals surface area contributed by atoms with E-state index in [1.807, 2.05) is 0 Å².